The van der Waals surface area contributed by atoms with Gasteiger partial charge in [-0.2, -0.15) is 0 Å². The summed E-state index contributed by atoms with van der Waals surface area (Å²) in [5.74, 6) is -0.755. The van der Waals surface area contributed by atoms with Gasteiger partial charge in [-0.05, 0) is 41.5 Å². The first kappa shape index (κ1) is 22.3. The molecule has 0 radical (unpaired) electrons. The molecule has 0 saturated heterocycles. The molecule has 9 heteroatoms. The number of sulfonamides is 1. The summed E-state index contributed by atoms with van der Waals surface area (Å²) in [7, 11) is -2.17. The highest BCUT2D eigenvalue weighted by molar-refractivity contribution is 7.92. The van der Waals surface area contributed by atoms with Crippen LogP contribution in [0.25, 0.3) is 22.1 Å². The normalized spacial score (nSPS) is 11.6. The van der Waals surface area contributed by atoms with Crippen LogP contribution in [0, 0.1) is 5.82 Å². The minimum Gasteiger partial charge on any atom is -0.460 e. The molecule has 3 aromatic carbocycles. The Morgan fingerprint density at radius 3 is 2.39 bits per heavy atom. The van der Waals surface area contributed by atoms with Gasteiger partial charge < -0.3 is 15.9 Å². The Balaban J connectivity index is 1.98. The van der Waals surface area contributed by atoms with E-state index in [1.807, 2.05) is 0 Å². The average Bonchev–Trinajstić information content (AvgIpc) is 3.10. The number of anilines is 2. The molecule has 1 amide bonds. The number of primary amides is 1. The van der Waals surface area contributed by atoms with Gasteiger partial charge >= 0.3 is 0 Å². The maximum Gasteiger partial charge on any atom is 0.252 e. The van der Waals surface area contributed by atoms with E-state index >= 15 is 0 Å². The van der Waals surface area contributed by atoms with E-state index < -0.39 is 15.9 Å². The van der Waals surface area contributed by atoms with Crippen molar-refractivity contribution in [3.63, 3.8) is 0 Å². The zero-order chi connectivity index (χ0) is 23.9. The number of hydrogen-bond donors (Lipinski definition) is 2. The van der Waals surface area contributed by atoms with Gasteiger partial charge in [-0.1, -0.05) is 24.3 Å². The number of carbonyl (C=O) groups is 1. The predicted octanol–water partition coefficient (Wildman–Crippen LogP) is 3.91. The van der Waals surface area contributed by atoms with Crippen molar-refractivity contribution in [1.29, 1.82) is 0 Å². The van der Waals surface area contributed by atoms with E-state index in [0.29, 0.717) is 39.2 Å². The Labute approximate surface area is 190 Å². The lowest BCUT2D eigenvalue weighted by Gasteiger charge is -2.20. The Morgan fingerprint density at radius 2 is 1.79 bits per heavy atom. The highest BCUT2D eigenvalue weighted by Gasteiger charge is 2.24. The summed E-state index contributed by atoms with van der Waals surface area (Å²) in [6.07, 6.45) is 1.30. The summed E-state index contributed by atoms with van der Waals surface area (Å²) in [5.41, 5.74) is 14.9. The molecule has 0 saturated carbocycles. The van der Waals surface area contributed by atoms with Crippen molar-refractivity contribution < 1.29 is 22.0 Å². The smallest absolute Gasteiger partial charge is 0.252 e. The van der Waals surface area contributed by atoms with Crippen LogP contribution in [-0.2, 0) is 16.4 Å². The van der Waals surface area contributed by atoms with E-state index in [1.165, 1.54) is 19.2 Å². The minimum atomic E-state index is -3.60. The number of carbonyl (C=O) groups excluding carboxylic acids is 1. The number of fused-ring (bicyclic) bond motifs is 1. The fourth-order valence-electron chi connectivity index (χ4n) is 3.74. The van der Waals surface area contributed by atoms with Gasteiger partial charge in [0.15, 0.2) is 0 Å². The van der Waals surface area contributed by atoms with Crippen molar-refractivity contribution in [3.8, 4) is 11.1 Å². The van der Waals surface area contributed by atoms with Gasteiger partial charge in [0.2, 0.25) is 10.0 Å². The number of benzene rings is 3. The van der Waals surface area contributed by atoms with Gasteiger partial charge in [0, 0.05) is 36.2 Å². The predicted molar refractivity (Wildman–Crippen MR) is 127 cm³/mol. The maximum absolute atomic E-state index is 13.3. The van der Waals surface area contributed by atoms with Crippen LogP contribution in [-0.4, -0.2) is 27.6 Å². The molecule has 0 aliphatic carbocycles. The summed E-state index contributed by atoms with van der Waals surface area (Å²) in [4.78, 5) is 12.4. The molecule has 7 nitrogen and oxygen atoms in total. The molecular formula is C24H22FN3O4S. The van der Waals surface area contributed by atoms with Gasteiger partial charge in [0.25, 0.3) is 5.91 Å². The molecule has 4 rings (SSSR count). The monoisotopic (exact) mass is 467 g/mol. The average molecular weight is 468 g/mol. The van der Waals surface area contributed by atoms with Gasteiger partial charge in [0.05, 0.1) is 17.5 Å². The zero-order valence-corrected chi connectivity index (χ0v) is 18.8. The number of nitrogens with two attached hydrogens (primary N) is 2. The first-order valence-corrected chi connectivity index (χ1v) is 11.8. The summed E-state index contributed by atoms with van der Waals surface area (Å²) >= 11 is 0. The lowest BCUT2D eigenvalue weighted by atomic mass is 9.98. The minimum absolute atomic E-state index is 0.188. The van der Waals surface area contributed by atoms with E-state index in [4.69, 9.17) is 15.9 Å². The van der Waals surface area contributed by atoms with Crippen molar-refractivity contribution in [2.24, 2.45) is 5.73 Å². The molecule has 0 unspecified atom stereocenters. The molecule has 170 valence electrons. The van der Waals surface area contributed by atoms with Gasteiger partial charge in [0.1, 0.15) is 17.2 Å². The van der Waals surface area contributed by atoms with Crippen molar-refractivity contribution in [2.45, 2.75) is 6.42 Å². The first-order valence-electron chi connectivity index (χ1n) is 9.98. The topological polar surface area (TPSA) is 120 Å². The second-order valence-corrected chi connectivity index (χ2v) is 9.80. The summed E-state index contributed by atoms with van der Waals surface area (Å²) in [6.45, 7) is 0. The fourth-order valence-corrected chi connectivity index (χ4v) is 4.25. The lowest BCUT2D eigenvalue weighted by molar-refractivity contribution is 0.1000. The molecule has 4 N–H and O–H groups in total. The highest BCUT2D eigenvalue weighted by Crippen LogP contribution is 2.39. The summed E-state index contributed by atoms with van der Waals surface area (Å²) < 4.78 is 45.1. The Morgan fingerprint density at radius 1 is 1.09 bits per heavy atom. The van der Waals surface area contributed by atoms with Gasteiger partial charge in [-0.15, -0.1) is 0 Å². The second-order valence-electron chi connectivity index (χ2n) is 7.79. The molecule has 0 atom stereocenters. The third-order valence-electron chi connectivity index (χ3n) is 5.44. The quantitative estimate of drug-likeness (QED) is 0.417. The van der Waals surface area contributed by atoms with Crippen LogP contribution in [0.2, 0.25) is 0 Å². The van der Waals surface area contributed by atoms with Gasteiger partial charge in [-0.3, -0.25) is 9.10 Å². The second kappa shape index (κ2) is 8.25. The van der Waals surface area contributed by atoms with Crippen molar-refractivity contribution in [3.05, 3.63) is 83.4 Å². The number of rotatable bonds is 6. The highest BCUT2D eigenvalue weighted by atomic mass is 32.2. The molecule has 0 spiro atoms. The third-order valence-corrected chi connectivity index (χ3v) is 6.63. The fraction of sp³-hybridized carbons (Fsp3) is 0.125. The van der Waals surface area contributed by atoms with E-state index in [1.54, 1.807) is 48.5 Å². The van der Waals surface area contributed by atoms with E-state index in [9.17, 15) is 17.6 Å². The van der Waals surface area contributed by atoms with Crippen molar-refractivity contribution in [2.75, 3.05) is 23.3 Å². The molecule has 1 aromatic heterocycles. The number of nitrogens with zero attached hydrogens (tertiary/aromatic N) is 1. The molecule has 33 heavy (non-hydrogen) atoms. The maximum atomic E-state index is 13.3. The van der Waals surface area contributed by atoms with Crippen LogP contribution in [0.1, 0.15) is 21.7 Å². The SMILES string of the molecule is CN(c1cc2oc(Cc3ccc(F)cc3)c(C(N)=O)c2cc1-c1cccc(N)c1)S(C)(=O)=O. The summed E-state index contributed by atoms with van der Waals surface area (Å²) in [6, 6.07) is 16.0. The zero-order valence-electron chi connectivity index (χ0n) is 18.0. The molecular weight excluding hydrogens is 445 g/mol. The Hall–Kier alpha value is -3.85. The molecule has 0 fully saturated rings. The summed E-state index contributed by atoms with van der Waals surface area (Å²) in [5, 5.41) is 0.447. The molecule has 1 heterocycles. The molecule has 0 aliphatic heterocycles. The van der Waals surface area contributed by atoms with Crippen molar-refractivity contribution >= 4 is 38.3 Å². The van der Waals surface area contributed by atoms with Crippen LogP contribution in [0.15, 0.2) is 65.1 Å². The number of amides is 1. The number of halogens is 1. The number of nitrogen functional groups attached to an aromatic ring is 1. The Bertz CT molecular complexity index is 1480. The van der Waals surface area contributed by atoms with Crippen LogP contribution < -0.4 is 15.8 Å². The number of furan rings is 1. The standard InChI is InChI=1S/C24H22FN3O4S/c1-28(33(2,30)31)20-13-21-19(12-18(20)15-4-3-5-17(26)11-15)23(24(27)29)22(32-21)10-14-6-8-16(25)9-7-14/h3-9,11-13H,10,26H2,1-2H3,(H2,27,29). The number of hydrogen-bond acceptors (Lipinski definition) is 5. The van der Waals surface area contributed by atoms with Crippen LogP contribution >= 0.6 is 0 Å². The van der Waals surface area contributed by atoms with Crippen LogP contribution in [0.5, 0.6) is 0 Å². The lowest BCUT2D eigenvalue weighted by Crippen LogP contribution is -2.25. The van der Waals surface area contributed by atoms with E-state index in [2.05, 4.69) is 0 Å². The molecule has 0 aliphatic rings. The Kier molecular flexibility index (Phi) is 5.59. The van der Waals surface area contributed by atoms with Gasteiger partial charge in [-0.25, -0.2) is 12.8 Å². The first-order chi connectivity index (χ1) is 15.5. The van der Waals surface area contributed by atoms with E-state index in [-0.39, 0.29) is 17.8 Å². The third kappa shape index (κ3) is 4.40. The molecule has 4 aromatic rings. The van der Waals surface area contributed by atoms with Crippen molar-refractivity contribution in [1.82, 2.24) is 0 Å². The van der Waals surface area contributed by atoms with Crippen LogP contribution in [0.3, 0.4) is 0 Å². The van der Waals surface area contributed by atoms with E-state index in [0.717, 1.165) is 16.1 Å². The molecule has 0 bridgehead atoms. The van der Waals surface area contributed by atoms with Crippen LogP contribution in [0.4, 0.5) is 15.8 Å². The largest absolute Gasteiger partial charge is 0.460 e.